The van der Waals surface area contributed by atoms with Crippen LogP contribution in [0, 0.1) is 30.1 Å². The average Bonchev–Trinajstić information content (AvgIpc) is 2.50. The highest BCUT2D eigenvalue weighted by atomic mass is 14.8. The number of hydrogen-bond acceptors (Lipinski definition) is 1. The second-order valence-electron chi connectivity index (χ2n) is 4.41. The minimum absolute atomic E-state index is 0.468. The van der Waals surface area contributed by atoms with E-state index in [4.69, 9.17) is 6.42 Å². The van der Waals surface area contributed by atoms with Crippen LogP contribution in [-0.4, -0.2) is 12.3 Å². The van der Waals surface area contributed by atoms with E-state index < -0.39 is 0 Å². The van der Waals surface area contributed by atoms with Crippen molar-refractivity contribution in [1.29, 1.82) is 0 Å². The van der Waals surface area contributed by atoms with Crippen molar-refractivity contribution in [2.24, 2.45) is 22.7 Å². The highest BCUT2D eigenvalue weighted by molar-refractivity contribution is 5.63. The zero-order chi connectivity index (χ0) is 10.6. The Labute approximate surface area is 88.0 Å². The average molecular weight is 191 g/mol. The summed E-state index contributed by atoms with van der Waals surface area (Å²) in [5, 5.41) is 0. The molecule has 0 N–H and O–H groups in total. The zero-order valence-corrected chi connectivity index (χ0v) is 9.53. The number of nitrogens with zero attached hydrogens (tertiary/aromatic N) is 1. The molecular weight excluding hydrogens is 170 g/mol. The summed E-state index contributed by atoms with van der Waals surface area (Å²) in [6, 6.07) is 0.500. The van der Waals surface area contributed by atoms with Gasteiger partial charge < -0.3 is 0 Å². The lowest BCUT2D eigenvalue weighted by Gasteiger charge is -2.19. The van der Waals surface area contributed by atoms with E-state index in [1.54, 1.807) is 0 Å². The van der Waals surface area contributed by atoms with Gasteiger partial charge in [-0.1, -0.05) is 13.8 Å². The van der Waals surface area contributed by atoms with Crippen molar-refractivity contribution in [2.75, 3.05) is 0 Å². The molecule has 0 aromatic carbocycles. The van der Waals surface area contributed by atoms with E-state index in [-0.39, 0.29) is 0 Å². The fraction of sp³-hybridized carbons (Fsp3) is 0.769. The third-order valence-corrected chi connectivity index (χ3v) is 3.43. The molecule has 0 spiro atoms. The summed E-state index contributed by atoms with van der Waals surface area (Å²) >= 11 is 0. The van der Waals surface area contributed by atoms with Crippen LogP contribution in [-0.2, 0) is 0 Å². The van der Waals surface area contributed by atoms with Crippen molar-refractivity contribution in [3.63, 3.8) is 0 Å². The number of terminal acetylenes is 1. The maximum Gasteiger partial charge on any atom is 0.0501 e. The maximum absolute atomic E-state index is 5.46. The van der Waals surface area contributed by atoms with E-state index in [9.17, 15) is 0 Å². The predicted octanol–water partition coefficient (Wildman–Crippen LogP) is 3.15. The van der Waals surface area contributed by atoms with Gasteiger partial charge in [-0.3, -0.25) is 4.99 Å². The molecule has 14 heavy (non-hydrogen) atoms. The molecule has 1 heteroatoms. The smallest absolute Gasteiger partial charge is 0.0501 e. The van der Waals surface area contributed by atoms with Crippen LogP contribution in [0.25, 0.3) is 0 Å². The number of hydrogen-bond donors (Lipinski definition) is 0. The van der Waals surface area contributed by atoms with E-state index in [1.807, 2.05) is 0 Å². The molecule has 78 valence electrons. The van der Waals surface area contributed by atoms with Gasteiger partial charge >= 0.3 is 0 Å². The van der Waals surface area contributed by atoms with Crippen molar-refractivity contribution in [2.45, 2.75) is 46.1 Å². The Hall–Kier alpha value is -0.770. The summed E-state index contributed by atoms with van der Waals surface area (Å²) in [6.07, 6.45) is 11.1. The Morgan fingerprint density at radius 1 is 1.50 bits per heavy atom. The van der Waals surface area contributed by atoms with E-state index in [0.717, 1.165) is 18.8 Å². The lowest BCUT2D eigenvalue weighted by Crippen LogP contribution is -2.17. The Kier molecular flexibility index (Phi) is 4.20. The molecule has 0 saturated carbocycles. The number of rotatable bonds is 4. The molecule has 0 fully saturated rings. The van der Waals surface area contributed by atoms with Gasteiger partial charge in [0.25, 0.3) is 0 Å². The fourth-order valence-corrected chi connectivity index (χ4v) is 2.23. The first-order valence-electron chi connectivity index (χ1n) is 5.68. The summed E-state index contributed by atoms with van der Waals surface area (Å²) in [5.74, 6) is 4.69. The molecule has 1 aliphatic heterocycles. The Morgan fingerprint density at radius 2 is 2.21 bits per heavy atom. The monoisotopic (exact) mass is 191 g/mol. The molecular formula is C13H21N. The van der Waals surface area contributed by atoms with Crippen molar-refractivity contribution in [3.05, 3.63) is 0 Å². The predicted molar refractivity (Wildman–Crippen MR) is 62.5 cm³/mol. The molecule has 4 atom stereocenters. The minimum atomic E-state index is 0.468. The standard InChI is InChI=1S/C13H21N/c1-5-12(6-2)7-8-13-10(3)9-14-11(13)4/h1,9-13H,6-8H2,2-4H3. The first-order chi connectivity index (χ1) is 6.69. The quantitative estimate of drug-likeness (QED) is 0.605. The first kappa shape index (κ1) is 11.3. The molecule has 4 unspecified atom stereocenters. The van der Waals surface area contributed by atoms with Crippen LogP contribution in [0.4, 0.5) is 0 Å². The lowest BCUT2D eigenvalue weighted by atomic mass is 9.85. The molecule has 1 rings (SSSR count). The van der Waals surface area contributed by atoms with Gasteiger partial charge in [-0.2, -0.15) is 0 Å². The molecule has 0 saturated heterocycles. The van der Waals surface area contributed by atoms with Crippen molar-refractivity contribution in [1.82, 2.24) is 0 Å². The highest BCUT2D eigenvalue weighted by Crippen LogP contribution is 2.29. The van der Waals surface area contributed by atoms with E-state index >= 15 is 0 Å². The second-order valence-corrected chi connectivity index (χ2v) is 4.41. The van der Waals surface area contributed by atoms with Crippen LogP contribution in [0.15, 0.2) is 4.99 Å². The maximum atomic E-state index is 5.46. The minimum Gasteiger partial charge on any atom is -0.294 e. The fourth-order valence-electron chi connectivity index (χ4n) is 2.23. The molecule has 0 aromatic heterocycles. The molecule has 1 heterocycles. The third-order valence-electron chi connectivity index (χ3n) is 3.43. The van der Waals surface area contributed by atoms with Crippen LogP contribution < -0.4 is 0 Å². The molecule has 0 bridgehead atoms. The number of aliphatic imine (C=N–C) groups is 1. The summed E-state index contributed by atoms with van der Waals surface area (Å²) in [7, 11) is 0. The topological polar surface area (TPSA) is 12.4 Å². The van der Waals surface area contributed by atoms with Gasteiger partial charge in [0.2, 0.25) is 0 Å². The van der Waals surface area contributed by atoms with Gasteiger partial charge in [-0.25, -0.2) is 0 Å². The van der Waals surface area contributed by atoms with Gasteiger partial charge in [0.15, 0.2) is 0 Å². The van der Waals surface area contributed by atoms with Crippen molar-refractivity contribution < 1.29 is 0 Å². The molecule has 1 nitrogen and oxygen atoms in total. The molecule has 1 aliphatic rings. The SMILES string of the molecule is C#CC(CC)CCC1C(C)C=NC1C. The molecule has 0 amide bonds. The van der Waals surface area contributed by atoms with Gasteiger partial charge in [0.05, 0.1) is 6.04 Å². The largest absolute Gasteiger partial charge is 0.294 e. The van der Waals surface area contributed by atoms with Gasteiger partial charge in [0, 0.05) is 12.1 Å². The summed E-state index contributed by atoms with van der Waals surface area (Å²) in [6.45, 7) is 6.64. The van der Waals surface area contributed by atoms with Crippen LogP contribution in [0.2, 0.25) is 0 Å². The summed E-state index contributed by atoms with van der Waals surface area (Å²) in [4.78, 5) is 4.45. The Bertz CT molecular complexity index is 224. The van der Waals surface area contributed by atoms with Gasteiger partial charge in [0.1, 0.15) is 0 Å². The lowest BCUT2D eigenvalue weighted by molar-refractivity contribution is 0.355. The van der Waals surface area contributed by atoms with Gasteiger partial charge in [-0.15, -0.1) is 12.3 Å². The van der Waals surface area contributed by atoms with Crippen LogP contribution in [0.3, 0.4) is 0 Å². The van der Waals surface area contributed by atoms with Crippen LogP contribution in [0.5, 0.6) is 0 Å². The normalized spacial score (nSPS) is 32.9. The third kappa shape index (κ3) is 2.61. The zero-order valence-electron chi connectivity index (χ0n) is 9.53. The Morgan fingerprint density at radius 3 is 2.64 bits per heavy atom. The molecule has 0 radical (unpaired) electrons. The highest BCUT2D eigenvalue weighted by Gasteiger charge is 2.26. The molecule has 0 aromatic rings. The second kappa shape index (κ2) is 5.20. The molecule has 0 aliphatic carbocycles. The van der Waals surface area contributed by atoms with E-state index in [1.165, 1.54) is 6.42 Å². The first-order valence-corrected chi connectivity index (χ1v) is 5.68. The van der Waals surface area contributed by atoms with E-state index in [0.29, 0.717) is 17.9 Å². The van der Waals surface area contributed by atoms with Crippen LogP contribution >= 0.6 is 0 Å². The summed E-state index contributed by atoms with van der Waals surface area (Å²) in [5.41, 5.74) is 0. The summed E-state index contributed by atoms with van der Waals surface area (Å²) < 4.78 is 0. The Balaban J connectivity index is 2.35. The van der Waals surface area contributed by atoms with Crippen molar-refractivity contribution in [3.8, 4) is 12.3 Å². The van der Waals surface area contributed by atoms with E-state index in [2.05, 4.69) is 37.9 Å². The van der Waals surface area contributed by atoms with Crippen LogP contribution in [0.1, 0.15) is 40.0 Å². The van der Waals surface area contributed by atoms with Crippen molar-refractivity contribution >= 4 is 6.21 Å². The van der Waals surface area contributed by atoms with Gasteiger partial charge in [-0.05, 0) is 38.0 Å².